The number of rotatable bonds is 8. The van der Waals surface area contributed by atoms with Gasteiger partial charge in [-0.15, -0.1) is 0 Å². The molecule has 0 bridgehead atoms. The van der Waals surface area contributed by atoms with Gasteiger partial charge in [-0.2, -0.15) is 0 Å². The van der Waals surface area contributed by atoms with Crippen LogP contribution in [0.15, 0.2) is 229 Å². The molecule has 0 unspecified atom stereocenters. The molecule has 0 saturated heterocycles. The zero-order valence-electron chi connectivity index (χ0n) is 34.2. The minimum Gasteiger partial charge on any atom is -0.456 e. The summed E-state index contributed by atoms with van der Waals surface area (Å²) in [5, 5.41) is 9.69. The van der Waals surface area contributed by atoms with E-state index in [1.54, 1.807) is 0 Å². The van der Waals surface area contributed by atoms with Gasteiger partial charge >= 0.3 is 0 Å². The van der Waals surface area contributed by atoms with Crippen molar-refractivity contribution in [2.45, 2.75) is 6.92 Å². The first-order chi connectivity index (χ1) is 30.7. The summed E-state index contributed by atoms with van der Waals surface area (Å²) in [6.45, 7) is 2.14. The average molecular weight is 793 g/mol. The molecule has 0 radical (unpaired) electrons. The topological polar surface area (TPSA) is 19.6 Å². The Balaban J connectivity index is 0.998. The maximum atomic E-state index is 6.26. The summed E-state index contributed by atoms with van der Waals surface area (Å²) >= 11 is 0. The molecular formula is C59H40N2O. The highest BCUT2D eigenvalue weighted by atomic mass is 16.3. The minimum absolute atomic E-state index is 0.888. The van der Waals surface area contributed by atoms with Crippen LogP contribution in [0.25, 0.3) is 76.5 Å². The average Bonchev–Trinajstić information content (AvgIpc) is 3.71. The summed E-state index contributed by atoms with van der Waals surface area (Å²) in [5.74, 6) is 0. The van der Waals surface area contributed by atoms with Gasteiger partial charge < -0.3 is 14.2 Å². The molecule has 1 aromatic heterocycles. The SMILES string of the molecule is Cc1ccc(N(c2ccc(-c3ccc4ccc5c(N(c6ccccc6)c6ccc7oc8ccccc8c7c6)ccc6ccc3c4c65)cc2)c2ccccc2-c2ccccc2)cc1. The summed E-state index contributed by atoms with van der Waals surface area (Å²) in [5.41, 5.74) is 14.5. The third-order valence-corrected chi connectivity index (χ3v) is 12.5. The third-order valence-electron chi connectivity index (χ3n) is 12.5. The Bertz CT molecular complexity index is 3570. The van der Waals surface area contributed by atoms with E-state index in [1.807, 2.05) is 12.1 Å². The lowest BCUT2D eigenvalue weighted by Crippen LogP contribution is -2.11. The van der Waals surface area contributed by atoms with Crippen molar-refractivity contribution in [1.29, 1.82) is 0 Å². The highest BCUT2D eigenvalue weighted by molar-refractivity contribution is 6.28. The predicted octanol–water partition coefficient (Wildman–Crippen LogP) is 17.1. The standard InChI is InChI=1S/C59H40N2O/c1-39-20-28-45(29-21-39)60(54-18-10-8-16-49(54)40-12-4-2-5-13-40)46-30-22-41(23-31-46)48-33-24-42-26-35-52-55(36-27-43-25-34-51(48)58(42)59(43)52)61(44-14-6-3-7-15-44)47-32-37-57-53(38-47)50-17-9-11-19-56(50)62-57/h2-38H,1H3. The van der Waals surface area contributed by atoms with Crippen LogP contribution in [0.2, 0.25) is 0 Å². The van der Waals surface area contributed by atoms with Crippen LogP contribution in [0.1, 0.15) is 5.56 Å². The van der Waals surface area contributed by atoms with Crippen molar-refractivity contribution in [2.75, 3.05) is 9.80 Å². The fourth-order valence-electron chi connectivity index (χ4n) is 9.53. The zero-order valence-corrected chi connectivity index (χ0v) is 34.2. The smallest absolute Gasteiger partial charge is 0.135 e. The molecular weight excluding hydrogens is 753 g/mol. The number of para-hydroxylation sites is 3. The number of hydrogen-bond acceptors (Lipinski definition) is 3. The maximum absolute atomic E-state index is 6.26. The molecule has 0 atom stereocenters. The number of fused-ring (bicyclic) bond motifs is 3. The first-order valence-corrected chi connectivity index (χ1v) is 21.2. The molecule has 292 valence electrons. The minimum atomic E-state index is 0.888. The Morgan fingerprint density at radius 3 is 1.66 bits per heavy atom. The summed E-state index contributed by atoms with van der Waals surface area (Å²) in [7, 11) is 0. The predicted molar refractivity (Wildman–Crippen MR) is 262 cm³/mol. The molecule has 0 aliphatic rings. The largest absolute Gasteiger partial charge is 0.456 e. The van der Waals surface area contributed by atoms with Crippen LogP contribution in [0.3, 0.4) is 0 Å². The lowest BCUT2D eigenvalue weighted by atomic mass is 9.89. The van der Waals surface area contributed by atoms with Crippen molar-refractivity contribution in [2.24, 2.45) is 0 Å². The number of aryl methyl sites for hydroxylation is 1. The molecule has 12 aromatic rings. The summed E-state index contributed by atoms with van der Waals surface area (Å²) < 4.78 is 6.26. The Hall–Kier alpha value is -8.14. The van der Waals surface area contributed by atoms with Crippen molar-refractivity contribution >= 4 is 88.4 Å². The molecule has 12 rings (SSSR count). The molecule has 0 N–H and O–H groups in total. The van der Waals surface area contributed by atoms with Gasteiger partial charge in [0, 0.05) is 44.5 Å². The van der Waals surface area contributed by atoms with E-state index in [0.29, 0.717) is 0 Å². The van der Waals surface area contributed by atoms with Gasteiger partial charge in [0.1, 0.15) is 11.2 Å². The first kappa shape index (κ1) is 35.8. The fourth-order valence-corrected chi connectivity index (χ4v) is 9.53. The van der Waals surface area contributed by atoms with Crippen molar-refractivity contribution in [3.05, 3.63) is 230 Å². The maximum Gasteiger partial charge on any atom is 0.135 e. The number of benzene rings is 11. The lowest BCUT2D eigenvalue weighted by molar-refractivity contribution is 0.669. The van der Waals surface area contributed by atoms with Crippen LogP contribution < -0.4 is 9.80 Å². The van der Waals surface area contributed by atoms with E-state index in [2.05, 4.69) is 229 Å². The number of anilines is 6. The molecule has 0 spiro atoms. The van der Waals surface area contributed by atoms with E-state index in [9.17, 15) is 0 Å². The third kappa shape index (κ3) is 5.89. The van der Waals surface area contributed by atoms with Crippen LogP contribution in [-0.4, -0.2) is 0 Å². The quantitative estimate of drug-likeness (QED) is 0.143. The number of nitrogens with zero attached hydrogens (tertiary/aromatic N) is 2. The number of furan rings is 1. The van der Waals surface area contributed by atoms with Crippen molar-refractivity contribution in [1.82, 2.24) is 0 Å². The monoisotopic (exact) mass is 792 g/mol. The van der Waals surface area contributed by atoms with Gasteiger partial charge in [-0.05, 0) is 123 Å². The molecule has 0 aliphatic carbocycles. The molecule has 62 heavy (non-hydrogen) atoms. The van der Waals surface area contributed by atoms with Crippen LogP contribution >= 0.6 is 0 Å². The number of hydrogen-bond donors (Lipinski definition) is 0. The summed E-state index contributed by atoms with van der Waals surface area (Å²) in [6, 6.07) is 81.2. The Morgan fingerprint density at radius 2 is 0.871 bits per heavy atom. The van der Waals surface area contributed by atoms with E-state index in [1.165, 1.54) is 60.1 Å². The molecule has 1 heterocycles. The van der Waals surface area contributed by atoms with E-state index in [0.717, 1.165) is 56.1 Å². The summed E-state index contributed by atoms with van der Waals surface area (Å²) in [4.78, 5) is 4.77. The van der Waals surface area contributed by atoms with Crippen LogP contribution in [0.5, 0.6) is 0 Å². The van der Waals surface area contributed by atoms with Crippen LogP contribution in [-0.2, 0) is 0 Å². The highest BCUT2D eigenvalue weighted by Crippen LogP contribution is 2.47. The molecule has 0 aliphatic heterocycles. The van der Waals surface area contributed by atoms with Crippen LogP contribution in [0.4, 0.5) is 34.1 Å². The zero-order chi connectivity index (χ0) is 41.1. The second-order valence-electron chi connectivity index (χ2n) is 16.2. The molecule has 3 nitrogen and oxygen atoms in total. The molecule has 3 heteroatoms. The fraction of sp³-hybridized carbons (Fsp3) is 0.0169. The van der Waals surface area contributed by atoms with E-state index < -0.39 is 0 Å². The normalized spacial score (nSPS) is 11.6. The van der Waals surface area contributed by atoms with Crippen molar-refractivity contribution in [3.63, 3.8) is 0 Å². The molecule has 11 aromatic carbocycles. The Morgan fingerprint density at radius 1 is 0.323 bits per heavy atom. The highest BCUT2D eigenvalue weighted by Gasteiger charge is 2.22. The Labute approximate surface area is 360 Å². The van der Waals surface area contributed by atoms with Gasteiger partial charge in [-0.1, -0.05) is 157 Å². The van der Waals surface area contributed by atoms with E-state index in [-0.39, 0.29) is 0 Å². The van der Waals surface area contributed by atoms with Crippen molar-refractivity contribution < 1.29 is 4.42 Å². The second-order valence-corrected chi connectivity index (χ2v) is 16.2. The second kappa shape index (κ2) is 14.5. The van der Waals surface area contributed by atoms with Gasteiger partial charge in [-0.25, -0.2) is 0 Å². The summed E-state index contributed by atoms with van der Waals surface area (Å²) in [6.07, 6.45) is 0. The lowest BCUT2D eigenvalue weighted by Gasteiger charge is -2.28. The molecule has 0 fully saturated rings. The van der Waals surface area contributed by atoms with Gasteiger partial charge in [0.2, 0.25) is 0 Å². The molecule has 0 saturated carbocycles. The van der Waals surface area contributed by atoms with Gasteiger partial charge in [0.25, 0.3) is 0 Å². The van der Waals surface area contributed by atoms with Gasteiger partial charge in [0.15, 0.2) is 0 Å². The van der Waals surface area contributed by atoms with E-state index in [4.69, 9.17) is 4.42 Å². The van der Waals surface area contributed by atoms with E-state index >= 15 is 0 Å². The van der Waals surface area contributed by atoms with Crippen LogP contribution in [0, 0.1) is 6.92 Å². The van der Waals surface area contributed by atoms with Gasteiger partial charge in [-0.3, -0.25) is 0 Å². The van der Waals surface area contributed by atoms with Crippen molar-refractivity contribution in [3.8, 4) is 22.3 Å². The molecule has 0 amide bonds. The first-order valence-electron chi connectivity index (χ1n) is 21.2. The Kier molecular flexibility index (Phi) is 8.39. The van der Waals surface area contributed by atoms with Gasteiger partial charge in [0.05, 0.1) is 11.4 Å².